The first-order valence-electron chi connectivity index (χ1n) is 7.64. The lowest BCUT2D eigenvalue weighted by molar-refractivity contribution is 0.380. The van der Waals surface area contributed by atoms with Crippen LogP contribution in [0.1, 0.15) is 30.9 Å². The quantitative estimate of drug-likeness (QED) is 0.445. The Morgan fingerprint density at radius 2 is 2.23 bits per heavy atom. The molecule has 0 radical (unpaired) electrons. The van der Waals surface area contributed by atoms with Crippen LogP contribution in [0.15, 0.2) is 15.5 Å². The van der Waals surface area contributed by atoms with Gasteiger partial charge in [0, 0.05) is 43.2 Å². The number of furan rings is 1. The third kappa shape index (κ3) is 5.08. The molecule has 2 rings (SSSR count). The summed E-state index contributed by atoms with van der Waals surface area (Å²) in [6, 6.07) is 2.10. The molecule has 22 heavy (non-hydrogen) atoms. The smallest absolute Gasteiger partial charge is 0.193 e. The first-order chi connectivity index (χ1) is 10.0. The van der Waals surface area contributed by atoms with E-state index >= 15 is 0 Å². The molecule has 1 N–H and O–H groups in total. The number of halogens is 1. The van der Waals surface area contributed by atoms with Gasteiger partial charge in [-0.1, -0.05) is 13.8 Å². The fourth-order valence-electron chi connectivity index (χ4n) is 2.64. The van der Waals surface area contributed by atoms with Crippen molar-refractivity contribution in [1.82, 2.24) is 10.2 Å². The van der Waals surface area contributed by atoms with Crippen molar-refractivity contribution < 1.29 is 4.42 Å². The number of aryl methyl sites for hydroxylation is 2. The highest BCUT2D eigenvalue weighted by Gasteiger charge is 2.24. The van der Waals surface area contributed by atoms with E-state index < -0.39 is 0 Å². The zero-order chi connectivity index (χ0) is 15.4. The van der Waals surface area contributed by atoms with Gasteiger partial charge in [0.1, 0.15) is 11.5 Å². The third-order valence-corrected chi connectivity index (χ3v) is 5.47. The molecule has 0 aromatic carbocycles. The molecule has 0 saturated carbocycles. The number of nitrogens with one attached hydrogen (secondary N) is 1. The second-order valence-corrected chi connectivity index (χ2v) is 7.29. The summed E-state index contributed by atoms with van der Waals surface area (Å²) in [4.78, 5) is 6.83. The standard InChI is InChI=1S/C16H27N3OS.HI/c1-11(2)15-10-19(6-7-21-15)16(17-5)18-9-14-8-12(3)20-13(14)4;/h8,11,15H,6-7,9-10H2,1-5H3,(H,17,18);1H. The minimum Gasteiger partial charge on any atom is -0.466 e. The van der Waals surface area contributed by atoms with Crippen LogP contribution in [0.3, 0.4) is 0 Å². The van der Waals surface area contributed by atoms with E-state index in [9.17, 15) is 0 Å². The van der Waals surface area contributed by atoms with Gasteiger partial charge in [-0.25, -0.2) is 0 Å². The molecule has 1 unspecified atom stereocenters. The first kappa shape index (κ1) is 19.7. The maximum absolute atomic E-state index is 5.58. The number of hydrogen-bond donors (Lipinski definition) is 1. The Morgan fingerprint density at radius 3 is 2.77 bits per heavy atom. The molecular formula is C16H28IN3OS. The largest absolute Gasteiger partial charge is 0.466 e. The summed E-state index contributed by atoms with van der Waals surface area (Å²) in [5.41, 5.74) is 1.21. The van der Waals surface area contributed by atoms with Crippen LogP contribution in [-0.2, 0) is 6.54 Å². The van der Waals surface area contributed by atoms with Crippen LogP contribution >= 0.6 is 35.7 Å². The van der Waals surface area contributed by atoms with E-state index in [0.29, 0.717) is 11.2 Å². The molecule has 6 heteroatoms. The predicted molar refractivity (Wildman–Crippen MR) is 106 cm³/mol. The Balaban J connectivity index is 0.00000242. The van der Waals surface area contributed by atoms with Crippen LogP contribution in [0.25, 0.3) is 0 Å². The van der Waals surface area contributed by atoms with Gasteiger partial charge in [0.05, 0.1) is 0 Å². The minimum atomic E-state index is 0. The van der Waals surface area contributed by atoms with E-state index in [0.717, 1.165) is 37.1 Å². The van der Waals surface area contributed by atoms with Crippen molar-refractivity contribution in [1.29, 1.82) is 0 Å². The van der Waals surface area contributed by atoms with Gasteiger partial charge in [-0.3, -0.25) is 4.99 Å². The predicted octanol–water partition coefficient (Wildman–Crippen LogP) is 3.66. The SMILES string of the molecule is CN=C(NCc1cc(C)oc1C)N1CCSC(C(C)C)C1.I. The monoisotopic (exact) mass is 437 g/mol. The minimum absolute atomic E-state index is 0. The Labute approximate surface area is 155 Å². The van der Waals surface area contributed by atoms with Crippen LogP contribution < -0.4 is 5.32 Å². The lowest BCUT2D eigenvalue weighted by Crippen LogP contribution is -2.48. The molecule has 2 heterocycles. The summed E-state index contributed by atoms with van der Waals surface area (Å²) < 4.78 is 5.58. The molecule has 1 aromatic rings. The summed E-state index contributed by atoms with van der Waals surface area (Å²) in [5.74, 6) is 4.83. The Kier molecular flexibility index (Phi) is 8.10. The third-order valence-electron chi connectivity index (χ3n) is 3.93. The summed E-state index contributed by atoms with van der Waals surface area (Å²) in [5, 5.41) is 4.17. The Morgan fingerprint density at radius 1 is 1.50 bits per heavy atom. The molecular weight excluding hydrogens is 409 g/mol. The van der Waals surface area contributed by atoms with Crippen LogP contribution in [0, 0.1) is 19.8 Å². The second-order valence-electron chi connectivity index (χ2n) is 5.94. The van der Waals surface area contributed by atoms with E-state index in [1.807, 2.05) is 20.9 Å². The van der Waals surface area contributed by atoms with Gasteiger partial charge >= 0.3 is 0 Å². The average Bonchev–Trinajstić information content (AvgIpc) is 2.78. The molecule has 1 aromatic heterocycles. The molecule has 1 saturated heterocycles. The number of guanidine groups is 1. The van der Waals surface area contributed by atoms with Crippen molar-refractivity contribution in [3.8, 4) is 0 Å². The molecule has 4 nitrogen and oxygen atoms in total. The number of rotatable bonds is 3. The normalized spacial score (nSPS) is 19.3. The molecule has 0 aliphatic carbocycles. The highest BCUT2D eigenvalue weighted by molar-refractivity contribution is 14.0. The van der Waals surface area contributed by atoms with Gasteiger partial charge in [-0.2, -0.15) is 11.8 Å². The van der Waals surface area contributed by atoms with E-state index in [1.54, 1.807) is 0 Å². The molecule has 1 aliphatic rings. The number of aliphatic imine (C=N–C) groups is 1. The summed E-state index contributed by atoms with van der Waals surface area (Å²) in [6.07, 6.45) is 0. The molecule has 0 amide bonds. The van der Waals surface area contributed by atoms with Crippen molar-refractivity contribution in [2.75, 3.05) is 25.9 Å². The maximum Gasteiger partial charge on any atom is 0.193 e. The van der Waals surface area contributed by atoms with Gasteiger partial charge in [-0.15, -0.1) is 24.0 Å². The zero-order valence-corrected chi connectivity index (χ0v) is 17.3. The van der Waals surface area contributed by atoms with Crippen LogP contribution in [0.5, 0.6) is 0 Å². The highest BCUT2D eigenvalue weighted by Crippen LogP contribution is 2.25. The Hall–Kier alpha value is -0.370. The summed E-state index contributed by atoms with van der Waals surface area (Å²) in [6.45, 7) is 11.5. The fraction of sp³-hybridized carbons (Fsp3) is 0.688. The van der Waals surface area contributed by atoms with Crippen molar-refractivity contribution in [2.45, 2.75) is 39.5 Å². The molecule has 126 valence electrons. The van der Waals surface area contributed by atoms with E-state index in [2.05, 4.69) is 46.9 Å². The number of thioether (sulfide) groups is 1. The van der Waals surface area contributed by atoms with E-state index in [4.69, 9.17) is 4.42 Å². The fourth-order valence-corrected chi connectivity index (χ4v) is 3.94. The van der Waals surface area contributed by atoms with Gasteiger partial charge in [-0.05, 0) is 25.8 Å². The lowest BCUT2D eigenvalue weighted by atomic mass is 10.1. The topological polar surface area (TPSA) is 40.8 Å². The molecule has 1 atom stereocenters. The van der Waals surface area contributed by atoms with Crippen molar-refractivity contribution in [2.24, 2.45) is 10.9 Å². The average molecular weight is 437 g/mol. The van der Waals surface area contributed by atoms with Gasteiger partial charge in [0.25, 0.3) is 0 Å². The Bertz CT molecular complexity index is 502. The van der Waals surface area contributed by atoms with Gasteiger partial charge in [0.2, 0.25) is 0 Å². The lowest BCUT2D eigenvalue weighted by Gasteiger charge is -2.36. The summed E-state index contributed by atoms with van der Waals surface area (Å²) in [7, 11) is 1.86. The van der Waals surface area contributed by atoms with E-state index in [1.165, 1.54) is 11.3 Å². The van der Waals surface area contributed by atoms with Crippen molar-refractivity contribution in [3.63, 3.8) is 0 Å². The van der Waals surface area contributed by atoms with E-state index in [-0.39, 0.29) is 24.0 Å². The van der Waals surface area contributed by atoms with Crippen LogP contribution in [0.4, 0.5) is 0 Å². The number of hydrogen-bond acceptors (Lipinski definition) is 3. The molecule has 1 aliphatic heterocycles. The zero-order valence-electron chi connectivity index (χ0n) is 14.2. The van der Waals surface area contributed by atoms with Crippen molar-refractivity contribution in [3.05, 3.63) is 23.2 Å². The van der Waals surface area contributed by atoms with Crippen LogP contribution in [-0.4, -0.2) is 42.0 Å². The van der Waals surface area contributed by atoms with Gasteiger partial charge < -0.3 is 14.6 Å². The molecule has 1 fully saturated rings. The summed E-state index contributed by atoms with van der Waals surface area (Å²) >= 11 is 2.08. The first-order valence-corrected chi connectivity index (χ1v) is 8.69. The second kappa shape index (κ2) is 9.05. The van der Waals surface area contributed by atoms with Crippen LogP contribution in [0.2, 0.25) is 0 Å². The molecule has 0 bridgehead atoms. The maximum atomic E-state index is 5.58. The number of nitrogens with zero attached hydrogens (tertiary/aromatic N) is 2. The van der Waals surface area contributed by atoms with Gasteiger partial charge in [0.15, 0.2) is 5.96 Å². The van der Waals surface area contributed by atoms with Crippen molar-refractivity contribution >= 4 is 41.7 Å². The molecule has 0 spiro atoms. The highest BCUT2D eigenvalue weighted by atomic mass is 127.